The predicted octanol–water partition coefficient (Wildman–Crippen LogP) is 2.63. The second-order valence-corrected chi connectivity index (χ2v) is 8.07. The van der Waals surface area contributed by atoms with Gasteiger partial charge in [0.1, 0.15) is 0 Å². The first-order valence-corrected chi connectivity index (χ1v) is 10.3. The van der Waals surface area contributed by atoms with Crippen molar-refractivity contribution in [2.75, 3.05) is 46.3 Å². The highest BCUT2D eigenvalue weighted by Gasteiger charge is 2.22. The van der Waals surface area contributed by atoms with Crippen LogP contribution < -0.4 is 0 Å². The summed E-state index contributed by atoms with van der Waals surface area (Å²) in [5.41, 5.74) is 1.20. The maximum Gasteiger partial charge on any atom is 0.236 e. The van der Waals surface area contributed by atoms with E-state index in [4.69, 9.17) is 0 Å². The Labute approximate surface area is 158 Å². The molecule has 1 aliphatic heterocycles. The van der Waals surface area contributed by atoms with E-state index in [0.29, 0.717) is 6.54 Å². The number of nitrogens with zero attached hydrogens (tertiary/aromatic N) is 4. The molecular formula is C21H34N4O. The van der Waals surface area contributed by atoms with Gasteiger partial charge in [-0.3, -0.25) is 14.7 Å². The van der Waals surface area contributed by atoms with Crippen LogP contribution in [0.15, 0.2) is 24.5 Å². The zero-order chi connectivity index (χ0) is 18.2. The summed E-state index contributed by atoms with van der Waals surface area (Å²) in [7, 11) is 2.02. The Balaban J connectivity index is 1.42. The molecule has 2 heterocycles. The number of aromatic nitrogens is 1. The minimum absolute atomic E-state index is 0.265. The highest BCUT2D eigenvalue weighted by molar-refractivity contribution is 5.78. The van der Waals surface area contributed by atoms with Gasteiger partial charge in [0.05, 0.1) is 6.54 Å². The van der Waals surface area contributed by atoms with Crippen LogP contribution in [0.4, 0.5) is 0 Å². The van der Waals surface area contributed by atoms with Crippen LogP contribution in [0.5, 0.6) is 0 Å². The quantitative estimate of drug-likeness (QED) is 0.784. The van der Waals surface area contributed by atoms with Gasteiger partial charge in [0, 0.05) is 45.1 Å². The fourth-order valence-electron chi connectivity index (χ4n) is 4.32. The highest BCUT2D eigenvalue weighted by Crippen LogP contribution is 2.24. The molecule has 0 bridgehead atoms. The molecule has 26 heavy (non-hydrogen) atoms. The number of carbonyl (C=O) groups is 1. The van der Waals surface area contributed by atoms with Crippen molar-refractivity contribution in [1.29, 1.82) is 0 Å². The fraction of sp³-hybridized carbons (Fsp3) is 0.714. The third-order valence-corrected chi connectivity index (χ3v) is 5.79. The Bertz CT molecular complexity index is 544. The monoisotopic (exact) mass is 358 g/mol. The largest absolute Gasteiger partial charge is 0.340 e. The van der Waals surface area contributed by atoms with Crippen LogP contribution in [0.3, 0.4) is 0 Å². The lowest BCUT2D eigenvalue weighted by Crippen LogP contribution is -2.41. The molecule has 1 aliphatic carbocycles. The van der Waals surface area contributed by atoms with Gasteiger partial charge in [0.15, 0.2) is 0 Å². The number of likely N-dealkylation sites (N-methyl/N-ethyl adjacent to an activating group) is 1. The van der Waals surface area contributed by atoms with E-state index < -0.39 is 0 Å². The van der Waals surface area contributed by atoms with Gasteiger partial charge >= 0.3 is 0 Å². The number of rotatable bonds is 6. The van der Waals surface area contributed by atoms with E-state index in [1.54, 1.807) is 12.4 Å². The molecule has 0 N–H and O–H groups in total. The van der Waals surface area contributed by atoms with Crippen molar-refractivity contribution >= 4 is 5.91 Å². The predicted molar refractivity (Wildman–Crippen MR) is 105 cm³/mol. The van der Waals surface area contributed by atoms with Crippen LogP contribution in [-0.2, 0) is 11.3 Å². The maximum atomic E-state index is 12.7. The molecule has 1 saturated carbocycles. The van der Waals surface area contributed by atoms with E-state index in [9.17, 15) is 4.79 Å². The molecule has 1 aromatic heterocycles. The Hall–Kier alpha value is -1.46. The lowest BCUT2D eigenvalue weighted by atomic mass is 9.89. The van der Waals surface area contributed by atoms with Crippen LogP contribution >= 0.6 is 0 Å². The van der Waals surface area contributed by atoms with Crippen molar-refractivity contribution in [3.63, 3.8) is 0 Å². The SMILES string of the molecule is CN(CC(=O)N1CCCN(CC2CCCCC2)CC1)Cc1ccncc1. The van der Waals surface area contributed by atoms with Gasteiger partial charge in [-0.2, -0.15) is 0 Å². The molecule has 3 rings (SSSR count). The van der Waals surface area contributed by atoms with Gasteiger partial charge in [-0.1, -0.05) is 19.3 Å². The van der Waals surface area contributed by atoms with E-state index >= 15 is 0 Å². The van der Waals surface area contributed by atoms with Gasteiger partial charge in [-0.05, 0) is 56.5 Å². The first-order chi connectivity index (χ1) is 12.7. The van der Waals surface area contributed by atoms with Crippen molar-refractivity contribution in [2.24, 2.45) is 5.92 Å². The van der Waals surface area contributed by atoms with Gasteiger partial charge < -0.3 is 9.80 Å². The van der Waals surface area contributed by atoms with E-state index in [1.807, 2.05) is 19.2 Å². The zero-order valence-corrected chi connectivity index (χ0v) is 16.3. The summed E-state index contributed by atoms with van der Waals surface area (Å²) < 4.78 is 0. The summed E-state index contributed by atoms with van der Waals surface area (Å²) in [6.45, 7) is 6.49. The van der Waals surface area contributed by atoms with Crippen molar-refractivity contribution in [3.05, 3.63) is 30.1 Å². The normalized spacial score (nSPS) is 20.3. The number of hydrogen-bond donors (Lipinski definition) is 0. The average molecular weight is 359 g/mol. The van der Waals surface area contributed by atoms with Crippen LogP contribution in [0, 0.1) is 5.92 Å². The average Bonchev–Trinajstić information content (AvgIpc) is 2.89. The lowest BCUT2D eigenvalue weighted by molar-refractivity contribution is -0.132. The van der Waals surface area contributed by atoms with Crippen molar-refractivity contribution in [3.8, 4) is 0 Å². The standard InChI is InChI=1S/C21H34N4O/c1-23(16-20-8-10-22-11-9-20)18-21(26)25-13-5-12-24(14-15-25)17-19-6-3-2-4-7-19/h8-11,19H,2-7,12-18H2,1H3. The summed E-state index contributed by atoms with van der Waals surface area (Å²) in [5.74, 6) is 1.15. The van der Waals surface area contributed by atoms with Gasteiger partial charge in [0.2, 0.25) is 5.91 Å². The number of hydrogen-bond acceptors (Lipinski definition) is 4. The van der Waals surface area contributed by atoms with Crippen molar-refractivity contribution in [1.82, 2.24) is 19.7 Å². The fourth-order valence-corrected chi connectivity index (χ4v) is 4.32. The topological polar surface area (TPSA) is 39.7 Å². The Morgan fingerprint density at radius 2 is 1.85 bits per heavy atom. The van der Waals surface area contributed by atoms with Crippen molar-refractivity contribution in [2.45, 2.75) is 45.1 Å². The minimum Gasteiger partial charge on any atom is -0.340 e. The molecule has 5 nitrogen and oxygen atoms in total. The smallest absolute Gasteiger partial charge is 0.236 e. The van der Waals surface area contributed by atoms with Crippen LogP contribution in [0.2, 0.25) is 0 Å². The summed E-state index contributed by atoms with van der Waals surface area (Å²) in [4.78, 5) is 23.5. The second kappa shape index (κ2) is 10.0. The number of amides is 1. The molecule has 0 unspecified atom stereocenters. The van der Waals surface area contributed by atoms with Crippen LogP contribution in [0.25, 0.3) is 0 Å². The molecule has 1 amide bonds. The molecule has 2 aliphatic rings. The summed E-state index contributed by atoms with van der Waals surface area (Å²) in [6, 6.07) is 4.02. The number of pyridine rings is 1. The second-order valence-electron chi connectivity index (χ2n) is 8.07. The van der Waals surface area contributed by atoms with Gasteiger partial charge in [0.25, 0.3) is 0 Å². The van der Waals surface area contributed by atoms with Crippen molar-refractivity contribution < 1.29 is 4.79 Å². The molecule has 0 spiro atoms. The lowest BCUT2D eigenvalue weighted by Gasteiger charge is -2.29. The van der Waals surface area contributed by atoms with E-state index in [2.05, 4.69) is 19.7 Å². The first kappa shape index (κ1) is 19.3. The first-order valence-electron chi connectivity index (χ1n) is 10.3. The summed E-state index contributed by atoms with van der Waals surface area (Å²) in [6.07, 6.45) is 11.8. The zero-order valence-electron chi connectivity index (χ0n) is 16.3. The Morgan fingerprint density at radius 1 is 1.08 bits per heavy atom. The molecule has 1 saturated heterocycles. The third kappa shape index (κ3) is 6.06. The molecule has 144 valence electrons. The maximum absolute atomic E-state index is 12.7. The molecule has 5 heteroatoms. The van der Waals surface area contributed by atoms with E-state index in [0.717, 1.165) is 45.1 Å². The Morgan fingerprint density at radius 3 is 2.62 bits per heavy atom. The Kier molecular flexibility index (Phi) is 7.44. The molecule has 0 atom stereocenters. The minimum atomic E-state index is 0.265. The van der Waals surface area contributed by atoms with Crippen LogP contribution in [-0.4, -0.2) is 71.9 Å². The van der Waals surface area contributed by atoms with Gasteiger partial charge in [-0.25, -0.2) is 0 Å². The van der Waals surface area contributed by atoms with E-state index in [-0.39, 0.29) is 5.91 Å². The summed E-state index contributed by atoms with van der Waals surface area (Å²) in [5, 5.41) is 0. The number of carbonyl (C=O) groups excluding carboxylic acids is 1. The van der Waals surface area contributed by atoms with Crippen LogP contribution in [0.1, 0.15) is 44.1 Å². The molecule has 2 fully saturated rings. The molecule has 0 aromatic carbocycles. The third-order valence-electron chi connectivity index (χ3n) is 5.79. The van der Waals surface area contributed by atoms with Gasteiger partial charge in [-0.15, -0.1) is 0 Å². The highest BCUT2D eigenvalue weighted by atomic mass is 16.2. The van der Waals surface area contributed by atoms with E-state index in [1.165, 1.54) is 44.2 Å². The molecule has 0 radical (unpaired) electrons. The summed E-state index contributed by atoms with van der Waals surface area (Å²) >= 11 is 0. The molecule has 1 aromatic rings. The molecular weight excluding hydrogens is 324 g/mol.